The molecule has 0 aromatic carbocycles. The first kappa shape index (κ1) is 11.0. The van der Waals surface area contributed by atoms with E-state index in [0.717, 1.165) is 0 Å². The molecule has 1 aromatic rings. The minimum Gasteiger partial charge on any atom is -0.307 e. The van der Waals surface area contributed by atoms with E-state index in [1.165, 1.54) is 29.9 Å². The Morgan fingerprint density at radius 2 is 2.27 bits per heavy atom. The first-order chi connectivity index (χ1) is 7.36. The van der Waals surface area contributed by atoms with Gasteiger partial charge in [0.1, 0.15) is 0 Å². The molecule has 0 amide bonds. The molecule has 1 saturated heterocycles. The Kier molecular flexibility index (Phi) is 4.03. The van der Waals surface area contributed by atoms with Gasteiger partial charge in [0, 0.05) is 30.2 Å². The third kappa shape index (κ3) is 3.21. The molecule has 1 aliphatic rings. The van der Waals surface area contributed by atoms with Crippen LogP contribution in [0.15, 0.2) is 24.5 Å². The van der Waals surface area contributed by atoms with Crippen LogP contribution in [0.2, 0.25) is 0 Å². The second-order valence-electron chi connectivity index (χ2n) is 4.08. The second-order valence-corrected chi connectivity index (χ2v) is 5.23. The van der Waals surface area contributed by atoms with Crippen LogP contribution in [0, 0.1) is 0 Å². The van der Waals surface area contributed by atoms with Crippen LogP contribution in [0.3, 0.4) is 0 Å². The van der Waals surface area contributed by atoms with Gasteiger partial charge < -0.3 is 5.32 Å². The van der Waals surface area contributed by atoms with Gasteiger partial charge in [-0.25, -0.2) is 0 Å². The largest absolute Gasteiger partial charge is 0.307 e. The van der Waals surface area contributed by atoms with Gasteiger partial charge in [-0.05, 0) is 43.2 Å². The molecule has 1 N–H and O–H groups in total. The van der Waals surface area contributed by atoms with Crippen LogP contribution >= 0.6 is 11.8 Å². The summed E-state index contributed by atoms with van der Waals surface area (Å²) >= 11 is 2.07. The quantitative estimate of drug-likeness (QED) is 0.851. The summed E-state index contributed by atoms with van der Waals surface area (Å²) in [5.41, 5.74) is 1.33. The molecule has 0 bridgehead atoms. The molecule has 1 aromatic heterocycles. The molecule has 0 spiro atoms. The highest BCUT2D eigenvalue weighted by atomic mass is 32.2. The average molecular weight is 222 g/mol. The van der Waals surface area contributed by atoms with E-state index < -0.39 is 0 Å². The van der Waals surface area contributed by atoms with Gasteiger partial charge in [0.2, 0.25) is 0 Å². The van der Waals surface area contributed by atoms with Crippen molar-refractivity contribution in [2.45, 2.75) is 31.8 Å². The number of nitrogens with zero attached hydrogens (tertiary/aromatic N) is 1. The zero-order chi connectivity index (χ0) is 10.5. The summed E-state index contributed by atoms with van der Waals surface area (Å²) in [5.74, 6) is 2.59. The molecule has 15 heavy (non-hydrogen) atoms. The number of hydrogen-bond donors (Lipinski definition) is 1. The highest BCUT2D eigenvalue weighted by Gasteiger charge is 2.16. The van der Waals surface area contributed by atoms with Crippen LogP contribution in [-0.4, -0.2) is 22.5 Å². The van der Waals surface area contributed by atoms with Crippen LogP contribution in [0.25, 0.3) is 0 Å². The minimum atomic E-state index is 0.441. The average Bonchev–Trinajstić information content (AvgIpc) is 2.31. The molecule has 2 nitrogen and oxygen atoms in total. The normalized spacial score (nSPS) is 23.7. The van der Waals surface area contributed by atoms with Crippen LogP contribution in [0.4, 0.5) is 0 Å². The fourth-order valence-corrected chi connectivity index (χ4v) is 3.06. The fourth-order valence-electron chi connectivity index (χ4n) is 1.97. The second kappa shape index (κ2) is 5.52. The number of nitrogens with one attached hydrogen (secondary N) is 1. The van der Waals surface area contributed by atoms with Crippen LogP contribution < -0.4 is 5.32 Å². The lowest BCUT2D eigenvalue weighted by molar-refractivity contribution is 0.452. The summed E-state index contributed by atoms with van der Waals surface area (Å²) in [4.78, 5) is 4.04. The highest BCUT2D eigenvalue weighted by Crippen LogP contribution is 2.20. The van der Waals surface area contributed by atoms with Crippen LogP contribution in [0.5, 0.6) is 0 Å². The number of pyridine rings is 1. The van der Waals surface area contributed by atoms with Gasteiger partial charge in [-0.3, -0.25) is 4.98 Å². The maximum absolute atomic E-state index is 4.04. The molecule has 1 fully saturated rings. The number of thioether (sulfide) groups is 1. The van der Waals surface area contributed by atoms with E-state index in [2.05, 4.69) is 41.1 Å². The molecule has 2 atom stereocenters. The first-order valence-electron chi connectivity index (χ1n) is 5.60. The molecule has 0 radical (unpaired) electrons. The first-order valence-corrected chi connectivity index (χ1v) is 6.75. The van der Waals surface area contributed by atoms with Crippen molar-refractivity contribution in [3.8, 4) is 0 Å². The number of rotatable bonds is 3. The van der Waals surface area contributed by atoms with E-state index in [1.54, 1.807) is 0 Å². The molecule has 0 aliphatic carbocycles. The van der Waals surface area contributed by atoms with Gasteiger partial charge in [-0.2, -0.15) is 11.8 Å². The van der Waals surface area contributed by atoms with Crippen molar-refractivity contribution in [1.82, 2.24) is 10.3 Å². The highest BCUT2D eigenvalue weighted by molar-refractivity contribution is 7.99. The predicted molar refractivity (Wildman–Crippen MR) is 66.1 cm³/mol. The molecule has 1 aliphatic heterocycles. The van der Waals surface area contributed by atoms with Crippen molar-refractivity contribution >= 4 is 11.8 Å². The van der Waals surface area contributed by atoms with Crippen molar-refractivity contribution in [2.24, 2.45) is 0 Å². The van der Waals surface area contributed by atoms with Crippen molar-refractivity contribution in [1.29, 1.82) is 0 Å². The lowest BCUT2D eigenvalue weighted by atomic mass is 10.1. The summed E-state index contributed by atoms with van der Waals surface area (Å²) in [7, 11) is 0. The molecular formula is C12H18N2S. The molecule has 3 heteroatoms. The Hall–Kier alpha value is -0.540. The molecule has 2 heterocycles. The number of aromatic nitrogens is 1. The summed E-state index contributed by atoms with van der Waals surface area (Å²) in [6, 6.07) is 5.31. The Bertz CT molecular complexity index is 283. The monoisotopic (exact) mass is 222 g/mol. The zero-order valence-corrected chi connectivity index (χ0v) is 9.96. The minimum absolute atomic E-state index is 0.441. The molecule has 0 saturated carbocycles. The lowest BCUT2D eigenvalue weighted by Crippen LogP contribution is -2.35. The third-order valence-corrected chi connectivity index (χ3v) is 4.07. The topological polar surface area (TPSA) is 24.9 Å². The fraction of sp³-hybridized carbons (Fsp3) is 0.583. The van der Waals surface area contributed by atoms with E-state index in [4.69, 9.17) is 0 Å². The summed E-state index contributed by atoms with van der Waals surface area (Å²) in [6.45, 7) is 2.23. The van der Waals surface area contributed by atoms with Crippen molar-refractivity contribution < 1.29 is 0 Å². The third-order valence-electron chi connectivity index (χ3n) is 2.85. The van der Waals surface area contributed by atoms with Gasteiger partial charge in [0.05, 0.1) is 0 Å². The molecule has 2 rings (SSSR count). The maximum atomic E-state index is 4.04. The van der Waals surface area contributed by atoms with Crippen LogP contribution in [-0.2, 0) is 0 Å². The summed E-state index contributed by atoms with van der Waals surface area (Å²) in [6.07, 6.45) is 6.40. The Morgan fingerprint density at radius 1 is 1.47 bits per heavy atom. The van der Waals surface area contributed by atoms with E-state index in [9.17, 15) is 0 Å². The molecule has 1 unspecified atom stereocenters. The smallest absolute Gasteiger partial charge is 0.0295 e. The standard InChI is InChI=1S/C12H18N2S/c1-10(11-4-6-13-7-5-11)14-12-3-2-8-15-9-12/h4-7,10,12,14H,2-3,8-9H2,1H3/t10-,12?/m1/s1. The lowest BCUT2D eigenvalue weighted by Gasteiger charge is -2.26. The summed E-state index contributed by atoms with van der Waals surface area (Å²) < 4.78 is 0. The van der Waals surface area contributed by atoms with E-state index in [0.29, 0.717) is 12.1 Å². The predicted octanol–water partition coefficient (Wildman–Crippen LogP) is 2.63. The van der Waals surface area contributed by atoms with E-state index in [-0.39, 0.29) is 0 Å². The number of hydrogen-bond acceptors (Lipinski definition) is 3. The maximum Gasteiger partial charge on any atom is 0.0295 e. The SMILES string of the molecule is C[C@@H](NC1CCCSC1)c1ccncc1. The van der Waals surface area contributed by atoms with Crippen molar-refractivity contribution in [3.63, 3.8) is 0 Å². The van der Waals surface area contributed by atoms with Crippen molar-refractivity contribution in [2.75, 3.05) is 11.5 Å². The zero-order valence-electron chi connectivity index (χ0n) is 9.15. The summed E-state index contributed by atoms with van der Waals surface area (Å²) in [5, 5.41) is 3.69. The van der Waals surface area contributed by atoms with Gasteiger partial charge in [-0.15, -0.1) is 0 Å². The molecule has 82 valence electrons. The van der Waals surface area contributed by atoms with Crippen molar-refractivity contribution in [3.05, 3.63) is 30.1 Å². The van der Waals surface area contributed by atoms with E-state index >= 15 is 0 Å². The Labute approximate surface area is 95.9 Å². The Morgan fingerprint density at radius 3 is 2.93 bits per heavy atom. The Balaban J connectivity index is 1.88. The van der Waals surface area contributed by atoms with E-state index in [1.807, 2.05) is 12.4 Å². The molecular weight excluding hydrogens is 204 g/mol. The van der Waals surface area contributed by atoms with Gasteiger partial charge in [-0.1, -0.05) is 0 Å². The van der Waals surface area contributed by atoms with Gasteiger partial charge in [0.25, 0.3) is 0 Å². The van der Waals surface area contributed by atoms with Gasteiger partial charge in [0.15, 0.2) is 0 Å². The van der Waals surface area contributed by atoms with Crippen LogP contribution in [0.1, 0.15) is 31.4 Å². The van der Waals surface area contributed by atoms with Gasteiger partial charge >= 0.3 is 0 Å².